The van der Waals surface area contributed by atoms with E-state index < -0.39 is 0 Å². The van der Waals surface area contributed by atoms with Gasteiger partial charge in [0.15, 0.2) is 0 Å². The van der Waals surface area contributed by atoms with Gasteiger partial charge in [-0.05, 0) is 37.6 Å². The summed E-state index contributed by atoms with van der Waals surface area (Å²) in [6.07, 6.45) is 8.09. The molecule has 3 nitrogen and oxygen atoms in total. The van der Waals surface area contributed by atoms with E-state index in [1.165, 1.54) is 5.56 Å². The fourth-order valence-electron chi connectivity index (χ4n) is 2.45. The van der Waals surface area contributed by atoms with Gasteiger partial charge < -0.3 is 4.74 Å². The topological polar surface area (TPSA) is 25.4 Å². The van der Waals surface area contributed by atoms with Crippen molar-refractivity contribution in [3.05, 3.63) is 35.5 Å². The quantitative estimate of drug-likeness (QED) is 0.780. The molecule has 0 fully saturated rings. The van der Waals surface area contributed by atoms with E-state index in [0.717, 1.165) is 35.2 Å². The lowest BCUT2D eigenvalue weighted by atomic mass is 10.0. The smallest absolute Gasteiger partial charge is 0.147 e. The standard InChI is InChI=1S/C17H20N2O/c1-5-10-19(3)11-8-14-12-13(2)17(20-4)16-15(14)7-6-9-18-16/h1,6-7,9,12H,8,10-11H2,2-4H3. The summed E-state index contributed by atoms with van der Waals surface area (Å²) in [5.74, 6) is 3.53. The van der Waals surface area contributed by atoms with Gasteiger partial charge >= 0.3 is 0 Å². The largest absolute Gasteiger partial charge is 0.494 e. The molecule has 0 amide bonds. The molecule has 0 spiro atoms. The van der Waals surface area contributed by atoms with Gasteiger partial charge in [0.05, 0.1) is 13.7 Å². The van der Waals surface area contributed by atoms with Crippen molar-refractivity contribution < 1.29 is 4.74 Å². The molecule has 0 N–H and O–H groups in total. The second kappa shape index (κ2) is 6.40. The molecule has 0 aliphatic rings. The van der Waals surface area contributed by atoms with Crippen LogP contribution in [0.4, 0.5) is 0 Å². The van der Waals surface area contributed by atoms with Crippen molar-refractivity contribution in [3.8, 4) is 18.1 Å². The van der Waals surface area contributed by atoms with Gasteiger partial charge in [0.1, 0.15) is 11.3 Å². The molecular formula is C17H20N2O. The summed E-state index contributed by atoms with van der Waals surface area (Å²) in [6.45, 7) is 3.66. The molecule has 20 heavy (non-hydrogen) atoms. The molecule has 0 aliphatic heterocycles. The summed E-state index contributed by atoms with van der Waals surface area (Å²) in [7, 11) is 3.73. The molecule has 0 aliphatic carbocycles. The van der Waals surface area contributed by atoms with E-state index in [0.29, 0.717) is 6.54 Å². The van der Waals surface area contributed by atoms with Crippen molar-refractivity contribution in [2.75, 3.05) is 27.2 Å². The van der Waals surface area contributed by atoms with Crippen LogP contribution < -0.4 is 4.74 Å². The Morgan fingerprint density at radius 2 is 2.25 bits per heavy atom. The number of hydrogen-bond acceptors (Lipinski definition) is 3. The zero-order valence-electron chi connectivity index (χ0n) is 12.3. The van der Waals surface area contributed by atoms with E-state index in [4.69, 9.17) is 11.2 Å². The average Bonchev–Trinajstić information content (AvgIpc) is 2.45. The number of nitrogens with zero attached hydrogens (tertiary/aromatic N) is 2. The monoisotopic (exact) mass is 268 g/mol. The van der Waals surface area contributed by atoms with Crippen molar-refractivity contribution in [2.24, 2.45) is 0 Å². The summed E-state index contributed by atoms with van der Waals surface area (Å²) >= 11 is 0. The summed E-state index contributed by atoms with van der Waals surface area (Å²) in [6, 6.07) is 6.25. The zero-order valence-corrected chi connectivity index (χ0v) is 12.3. The number of fused-ring (bicyclic) bond motifs is 1. The highest BCUT2D eigenvalue weighted by molar-refractivity contribution is 5.88. The Labute approximate surface area is 120 Å². The third kappa shape index (κ3) is 2.92. The number of rotatable bonds is 5. The van der Waals surface area contributed by atoms with Crippen LogP contribution in [0.25, 0.3) is 10.9 Å². The van der Waals surface area contributed by atoms with Crippen molar-refractivity contribution in [3.63, 3.8) is 0 Å². The van der Waals surface area contributed by atoms with Crippen molar-refractivity contribution in [2.45, 2.75) is 13.3 Å². The zero-order chi connectivity index (χ0) is 14.5. The minimum Gasteiger partial charge on any atom is -0.494 e. The van der Waals surface area contributed by atoms with Crippen LogP contribution in [0, 0.1) is 19.3 Å². The maximum atomic E-state index is 5.48. The Morgan fingerprint density at radius 1 is 1.45 bits per heavy atom. The van der Waals surface area contributed by atoms with Crippen LogP contribution >= 0.6 is 0 Å². The molecule has 1 aromatic heterocycles. The van der Waals surface area contributed by atoms with Crippen molar-refractivity contribution in [1.29, 1.82) is 0 Å². The third-order valence-electron chi connectivity index (χ3n) is 3.45. The van der Waals surface area contributed by atoms with Gasteiger partial charge in [0, 0.05) is 18.1 Å². The van der Waals surface area contributed by atoms with Gasteiger partial charge in [0.2, 0.25) is 0 Å². The van der Waals surface area contributed by atoms with Gasteiger partial charge in [-0.2, -0.15) is 0 Å². The molecule has 1 aromatic carbocycles. The Morgan fingerprint density at radius 3 is 2.95 bits per heavy atom. The van der Waals surface area contributed by atoms with Crippen LogP contribution in [0.1, 0.15) is 11.1 Å². The number of likely N-dealkylation sites (N-methyl/N-ethyl adjacent to an activating group) is 1. The molecule has 0 atom stereocenters. The maximum absolute atomic E-state index is 5.48. The Kier molecular flexibility index (Phi) is 4.60. The Balaban J connectivity index is 2.37. The number of aryl methyl sites for hydroxylation is 1. The number of ether oxygens (including phenoxy) is 1. The van der Waals surface area contributed by atoms with E-state index in [2.05, 4.69) is 34.9 Å². The minimum absolute atomic E-state index is 0.672. The number of methoxy groups -OCH3 is 1. The summed E-state index contributed by atoms with van der Waals surface area (Å²) in [5, 5.41) is 1.16. The van der Waals surface area contributed by atoms with Gasteiger partial charge in [-0.15, -0.1) is 6.42 Å². The van der Waals surface area contributed by atoms with Gasteiger partial charge in [-0.1, -0.05) is 18.1 Å². The average molecular weight is 268 g/mol. The first kappa shape index (κ1) is 14.4. The summed E-state index contributed by atoms with van der Waals surface area (Å²) in [5.41, 5.74) is 3.34. The van der Waals surface area contributed by atoms with Crippen LogP contribution in [-0.2, 0) is 6.42 Å². The fourth-order valence-corrected chi connectivity index (χ4v) is 2.45. The summed E-state index contributed by atoms with van der Waals surface area (Å²) in [4.78, 5) is 6.61. The molecule has 104 valence electrons. The Hall–Kier alpha value is -2.05. The fraction of sp³-hybridized carbons (Fsp3) is 0.353. The molecule has 1 heterocycles. The molecule has 0 saturated heterocycles. The van der Waals surface area contributed by atoms with Gasteiger partial charge in [0.25, 0.3) is 0 Å². The van der Waals surface area contributed by atoms with E-state index in [1.54, 1.807) is 13.3 Å². The highest BCUT2D eigenvalue weighted by Gasteiger charge is 2.11. The van der Waals surface area contributed by atoms with Crippen LogP contribution in [-0.4, -0.2) is 37.1 Å². The van der Waals surface area contributed by atoms with Crippen LogP contribution in [0.2, 0.25) is 0 Å². The molecule has 0 unspecified atom stereocenters. The molecule has 0 radical (unpaired) electrons. The molecule has 3 heteroatoms. The normalized spacial score (nSPS) is 10.8. The number of pyridine rings is 1. The van der Waals surface area contributed by atoms with E-state index >= 15 is 0 Å². The molecular weight excluding hydrogens is 248 g/mol. The van der Waals surface area contributed by atoms with E-state index in [9.17, 15) is 0 Å². The lowest BCUT2D eigenvalue weighted by molar-refractivity contribution is 0.381. The van der Waals surface area contributed by atoms with Crippen molar-refractivity contribution in [1.82, 2.24) is 9.88 Å². The van der Waals surface area contributed by atoms with Crippen LogP contribution in [0.3, 0.4) is 0 Å². The second-order valence-electron chi connectivity index (χ2n) is 4.98. The van der Waals surface area contributed by atoms with Crippen LogP contribution in [0.15, 0.2) is 24.4 Å². The number of terminal acetylenes is 1. The first-order valence-electron chi connectivity index (χ1n) is 6.70. The highest BCUT2D eigenvalue weighted by Crippen LogP contribution is 2.30. The second-order valence-corrected chi connectivity index (χ2v) is 4.98. The molecule has 0 saturated carbocycles. The van der Waals surface area contributed by atoms with E-state index in [1.807, 2.05) is 13.1 Å². The minimum atomic E-state index is 0.672. The molecule has 2 rings (SSSR count). The maximum Gasteiger partial charge on any atom is 0.147 e. The lowest BCUT2D eigenvalue weighted by Crippen LogP contribution is -2.21. The van der Waals surface area contributed by atoms with Crippen molar-refractivity contribution >= 4 is 10.9 Å². The molecule has 0 bridgehead atoms. The Bertz CT molecular complexity index is 643. The lowest BCUT2D eigenvalue weighted by Gasteiger charge is -2.16. The first-order chi connectivity index (χ1) is 9.67. The summed E-state index contributed by atoms with van der Waals surface area (Å²) < 4.78 is 5.48. The van der Waals surface area contributed by atoms with E-state index in [-0.39, 0.29) is 0 Å². The van der Waals surface area contributed by atoms with Gasteiger partial charge in [-0.3, -0.25) is 9.88 Å². The third-order valence-corrected chi connectivity index (χ3v) is 3.45. The SMILES string of the molecule is C#CCN(C)CCc1cc(C)c(OC)c2ncccc12. The number of aromatic nitrogens is 1. The number of hydrogen-bond donors (Lipinski definition) is 0. The predicted molar refractivity (Wildman–Crippen MR) is 83.1 cm³/mol. The predicted octanol–water partition coefficient (Wildman–Crippen LogP) is 2.66. The van der Waals surface area contributed by atoms with Gasteiger partial charge in [-0.25, -0.2) is 0 Å². The highest BCUT2D eigenvalue weighted by atomic mass is 16.5. The molecule has 2 aromatic rings. The van der Waals surface area contributed by atoms with Crippen LogP contribution in [0.5, 0.6) is 5.75 Å². The first-order valence-corrected chi connectivity index (χ1v) is 6.70. The number of benzene rings is 1.